The Morgan fingerprint density at radius 2 is 0.500 bits per heavy atom. The van der Waals surface area contributed by atoms with Crippen LogP contribution in [-0.4, -0.2) is 79.0 Å². The van der Waals surface area contributed by atoms with Crippen LogP contribution in [0, 0.1) is 0 Å². The zero-order valence-corrected chi connectivity index (χ0v) is 43.4. The number of rotatable bonds is 42. The third-order valence-corrected chi connectivity index (χ3v) is 22.8. The molecule has 12 nitrogen and oxygen atoms in total. The Morgan fingerprint density at radius 1 is 0.300 bits per heavy atom. The maximum atomic E-state index is 14.4. The first-order valence-electron chi connectivity index (χ1n) is 24.8. The van der Waals surface area contributed by atoms with Crippen molar-refractivity contribution in [3.63, 3.8) is 0 Å². The minimum atomic E-state index is -2.59. The molecule has 60 heavy (non-hydrogen) atoms. The van der Waals surface area contributed by atoms with Crippen LogP contribution >= 0.6 is 0 Å². The zero-order chi connectivity index (χ0) is 44.5. The van der Waals surface area contributed by atoms with Gasteiger partial charge in [0.05, 0.1) is 0 Å². The smallest absolute Gasteiger partial charge is 0.338 e. The fourth-order valence-electron chi connectivity index (χ4n) is 7.70. The monoisotopic (exact) mass is 904 g/mol. The second kappa shape index (κ2) is 34.3. The molecule has 0 saturated heterocycles. The van der Waals surface area contributed by atoms with E-state index in [1.54, 1.807) is 0 Å². The summed E-state index contributed by atoms with van der Waals surface area (Å²) in [4.78, 5) is 43.1. The van der Waals surface area contributed by atoms with Crippen LogP contribution in [0.15, 0.2) is 14.4 Å². The molecule has 0 radical (unpaired) electrons. The minimum Gasteiger partial charge on any atom is -0.394 e. The highest BCUT2D eigenvalue weighted by molar-refractivity contribution is 6.68. The van der Waals surface area contributed by atoms with Crippen molar-refractivity contribution >= 4 is 25.7 Å². The number of unbranched alkanes of at least 4 members (excludes halogenated alkanes) is 6. The van der Waals surface area contributed by atoms with Crippen molar-refractivity contribution in [1.29, 1.82) is 0 Å². The molecule has 0 fully saturated rings. The fraction of sp³-hybridized carbons (Fsp3) is 0.933. The van der Waals surface area contributed by atoms with Gasteiger partial charge in [0.2, 0.25) is 0 Å². The summed E-state index contributed by atoms with van der Waals surface area (Å²) in [5.41, 5.74) is -1.61. The maximum Gasteiger partial charge on any atom is 0.338 e. The second-order valence-electron chi connectivity index (χ2n) is 16.8. The van der Waals surface area contributed by atoms with Crippen LogP contribution in [0.3, 0.4) is 0 Å². The lowest BCUT2D eigenvalue weighted by Crippen LogP contribution is -2.55. The highest BCUT2D eigenvalue weighted by Crippen LogP contribution is 2.27. The first-order chi connectivity index (χ1) is 29.1. The lowest BCUT2D eigenvalue weighted by Gasteiger charge is -2.31. The van der Waals surface area contributed by atoms with Gasteiger partial charge < -0.3 is 26.6 Å². The molecule has 0 aromatic carbocycles. The molecule has 0 unspecified atom stereocenters. The summed E-state index contributed by atoms with van der Waals surface area (Å²) in [6, 6.07) is 4.66. The molecule has 0 aliphatic carbocycles. The van der Waals surface area contributed by atoms with E-state index in [2.05, 4.69) is 62.3 Å². The Labute approximate surface area is 369 Å². The molecule has 15 heteroatoms. The number of nitrogens with zero attached hydrogens (tertiary/aromatic N) is 3. The molecular formula is C45H93N3O9Si3. The van der Waals surface area contributed by atoms with E-state index in [1.807, 2.05) is 0 Å². The summed E-state index contributed by atoms with van der Waals surface area (Å²) in [5.74, 6) is 0. The van der Waals surface area contributed by atoms with Gasteiger partial charge in [-0.25, -0.2) is 28.1 Å². The standard InChI is InChI=1S/C45H93N3O9Si3/c1-10-19-31-52-58(37-16-7,53-32-20-11-2)40-25-28-46-43(49)47(29-26-41-59(38-17-8,54-33-21-12-3)55-34-22-13-4)45(51)48(44(46)50)30-27-42-60(39-18-9,56-35-23-14-5)57-36-24-15-6/h10-42H2,1-9H3. The largest absolute Gasteiger partial charge is 0.394 e. The summed E-state index contributed by atoms with van der Waals surface area (Å²) in [6.07, 6.45) is 16.6. The van der Waals surface area contributed by atoms with E-state index in [1.165, 1.54) is 13.7 Å². The molecule has 0 bridgehead atoms. The summed E-state index contributed by atoms with van der Waals surface area (Å²) in [7, 11) is -7.78. The van der Waals surface area contributed by atoms with Gasteiger partial charge in [0.25, 0.3) is 0 Å². The Morgan fingerprint density at radius 3 is 0.667 bits per heavy atom. The lowest BCUT2D eigenvalue weighted by atomic mass is 10.4. The molecule has 1 aromatic heterocycles. The van der Waals surface area contributed by atoms with Gasteiger partial charge in [0.1, 0.15) is 0 Å². The molecule has 0 N–H and O–H groups in total. The van der Waals surface area contributed by atoms with Gasteiger partial charge in [0, 0.05) is 59.3 Å². The molecule has 0 spiro atoms. The van der Waals surface area contributed by atoms with E-state index in [9.17, 15) is 14.4 Å². The molecule has 0 aliphatic heterocycles. The Hall–Kier alpha value is -1.18. The second-order valence-corrected chi connectivity index (χ2v) is 27.0. The topological polar surface area (TPSA) is 121 Å². The van der Waals surface area contributed by atoms with Crippen molar-refractivity contribution in [2.75, 3.05) is 39.6 Å². The minimum absolute atomic E-state index is 0.203. The van der Waals surface area contributed by atoms with Crippen LogP contribution in [0.2, 0.25) is 36.3 Å². The van der Waals surface area contributed by atoms with Crippen LogP contribution < -0.4 is 17.1 Å². The Balaban J connectivity index is 3.67. The van der Waals surface area contributed by atoms with Gasteiger partial charge in [-0.05, 0) is 94.1 Å². The van der Waals surface area contributed by atoms with E-state index in [-0.39, 0.29) is 19.6 Å². The third-order valence-electron chi connectivity index (χ3n) is 11.3. The highest BCUT2D eigenvalue weighted by Gasteiger charge is 2.39. The van der Waals surface area contributed by atoms with Crippen LogP contribution in [0.25, 0.3) is 0 Å². The van der Waals surface area contributed by atoms with Crippen molar-refractivity contribution in [2.45, 2.75) is 234 Å². The normalized spacial score (nSPS) is 12.6. The molecule has 0 saturated carbocycles. The van der Waals surface area contributed by atoms with Gasteiger partial charge in [-0.15, -0.1) is 0 Å². The fourth-order valence-corrected chi connectivity index (χ4v) is 17.9. The molecular weight excluding hydrogens is 811 g/mol. The van der Waals surface area contributed by atoms with E-state index < -0.39 is 42.8 Å². The lowest BCUT2D eigenvalue weighted by molar-refractivity contribution is 0.161. The van der Waals surface area contributed by atoms with Crippen LogP contribution in [0.4, 0.5) is 0 Å². The van der Waals surface area contributed by atoms with E-state index in [0.717, 1.165) is 114 Å². The summed E-state index contributed by atoms with van der Waals surface area (Å²) < 4.78 is 43.7. The molecule has 0 amide bonds. The molecule has 1 rings (SSSR count). The quantitative estimate of drug-likeness (QED) is 0.0466. The van der Waals surface area contributed by atoms with Crippen molar-refractivity contribution in [3.05, 3.63) is 31.5 Å². The first kappa shape index (κ1) is 56.8. The average Bonchev–Trinajstić information content (AvgIpc) is 3.22. The van der Waals surface area contributed by atoms with E-state index >= 15 is 0 Å². The third kappa shape index (κ3) is 21.0. The van der Waals surface area contributed by atoms with Crippen molar-refractivity contribution in [2.24, 2.45) is 0 Å². The first-order valence-corrected chi connectivity index (χ1v) is 31.5. The number of aromatic nitrogens is 3. The van der Waals surface area contributed by atoms with Gasteiger partial charge in [-0.3, -0.25) is 0 Å². The van der Waals surface area contributed by atoms with Crippen molar-refractivity contribution < 1.29 is 26.6 Å². The zero-order valence-electron chi connectivity index (χ0n) is 40.4. The predicted octanol–water partition coefficient (Wildman–Crippen LogP) is 10.8. The summed E-state index contributed by atoms with van der Waals surface area (Å²) in [5, 5.41) is 0. The van der Waals surface area contributed by atoms with Gasteiger partial charge in [-0.2, -0.15) is 0 Å². The molecule has 0 aliphatic rings. The molecule has 0 atom stereocenters. The maximum absolute atomic E-state index is 14.4. The van der Waals surface area contributed by atoms with Crippen LogP contribution in [0.5, 0.6) is 0 Å². The SMILES string of the molecule is CCCCO[Si](CCC)(CCCn1c(=O)n(CCC[Si](CCC)(OCCCC)OCCCC)c(=O)n(CCC[Si](CCC)(OCCCC)OCCCC)c1=O)OCCCC. The van der Waals surface area contributed by atoms with Gasteiger partial charge in [0.15, 0.2) is 0 Å². The number of hydrogen-bond donors (Lipinski definition) is 0. The highest BCUT2D eigenvalue weighted by atomic mass is 28.4. The number of hydrogen-bond acceptors (Lipinski definition) is 9. The van der Waals surface area contributed by atoms with E-state index in [4.69, 9.17) is 26.6 Å². The van der Waals surface area contributed by atoms with Gasteiger partial charge in [-0.1, -0.05) is 120 Å². The van der Waals surface area contributed by atoms with Gasteiger partial charge >= 0.3 is 42.8 Å². The summed E-state index contributed by atoms with van der Waals surface area (Å²) in [6.45, 7) is 24.0. The van der Waals surface area contributed by atoms with E-state index in [0.29, 0.717) is 77.0 Å². The summed E-state index contributed by atoms with van der Waals surface area (Å²) >= 11 is 0. The van der Waals surface area contributed by atoms with Crippen molar-refractivity contribution in [1.82, 2.24) is 13.7 Å². The average molecular weight is 905 g/mol. The molecule has 354 valence electrons. The Kier molecular flexibility index (Phi) is 32.5. The Bertz CT molecular complexity index is 1170. The molecule has 1 heterocycles. The van der Waals surface area contributed by atoms with Crippen LogP contribution in [0.1, 0.15) is 178 Å². The van der Waals surface area contributed by atoms with Crippen molar-refractivity contribution in [3.8, 4) is 0 Å². The van der Waals surface area contributed by atoms with Crippen LogP contribution in [-0.2, 0) is 46.2 Å². The predicted molar refractivity (Wildman–Crippen MR) is 255 cm³/mol. The molecule has 1 aromatic rings.